The lowest BCUT2D eigenvalue weighted by atomic mass is 9.94. The van der Waals surface area contributed by atoms with E-state index in [-0.39, 0.29) is 17.8 Å². The molecule has 37 heavy (non-hydrogen) atoms. The van der Waals surface area contributed by atoms with Crippen LogP contribution in [0.5, 0.6) is 5.75 Å². The zero-order valence-electron chi connectivity index (χ0n) is 21.2. The van der Waals surface area contributed by atoms with Crippen LogP contribution in [0.15, 0.2) is 72.8 Å². The fraction of sp³-hybridized carbons (Fsp3) is 0.300. The Bertz CT molecular complexity index is 1170. The zero-order valence-corrected chi connectivity index (χ0v) is 21.2. The van der Waals surface area contributed by atoms with E-state index in [1.54, 1.807) is 24.3 Å². The minimum absolute atomic E-state index is 0.196. The Kier molecular flexibility index (Phi) is 10.3. The highest BCUT2D eigenvalue weighted by Gasteiger charge is 2.17. The summed E-state index contributed by atoms with van der Waals surface area (Å²) < 4.78 is 10.4. The second-order valence-corrected chi connectivity index (χ2v) is 8.78. The van der Waals surface area contributed by atoms with Gasteiger partial charge in [-0.15, -0.1) is 0 Å². The second-order valence-electron chi connectivity index (χ2n) is 8.78. The van der Waals surface area contributed by atoms with Gasteiger partial charge in [-0.05, 0) is 65.9 Å². The molecule has 0 heterocycles. The Morgan fingerprint density at radius 3 is 2.00 bits per heavy atom. The first kappa shape index (κ1) is 27.5. The van der Waals surface area contributed by atoms with Crippen LogP contribution in [-0.4, -0.2) is 43.2 Å². The molecule has 1 atom stereocenters. The van der Waals surface area contributed by atoms with E-state index in [1.807, 2.05) is 48.5 Å². The van der Waals surface area contributed by atoms with Crippen molar-refractivity contribution in [1.29, 1.82) is 0 Å². The van der Waals surface area contributed by atoms with Gasteiger partial charge in [0.05, 0.1) is 25.1 Å². The molecule has 0 aliphatic carbocycles. The van der Waals surface area contributed by atoms with Crippen molar-refractivity contribution >= 4 is 17.8 Å². The van der Waals surface area contributed by atoms with Crippen molar-refractivity contribution in [1.82, 2.24) is 5.32 Å². The Hall–Kier alpha value is -4.13. The molecule has 3 aromatic carbocycles. The van der Waals surface area contributed by atoms with Gasteiger partial charge in [0, 0.05) is 5.56 Å². The molecule has 3 aromatic rings. The summed E-state index contributed by atoms with van der Waals surface area (Å²) >= 11 is 0. The summed E-state index contributed by atoms with van der Waals surface area (Å²) in [5, 5.41) is 12.3. The third-order valence-electron chi connectivity index (χ3n) is 6.10. The molecule has 7 nitrogen and oxygen atoms in total. The van der Waals surface area contributed by atoms with Crippen LogP contribution in [0, 0.1) is 5.92 Å². The van der Waals surface area contributed by atoms with Gasteiger partial charge in [0.15, 0.2) is 0 Å². The summed E-state index contributed by atoms with van der Waals surface area (Å²) in [6.07, 6.45) is 3.06. The summed E-state index contributed by atoms with van der Waals surface area (Å²) in [5.74, 6) is -1.04. The third kappa shape index (κ3) is 8.20. The standard InChI is InChI=1S/C30H33NO6/c1-3-4-5-26(29(33)34)20-21-6-16-27(17-7-21)37-19-18-31-28(32)24-12-8-22(9-13-24)23-10-14-25(15-11-23)30(35)36-2/h6-17,26H,3-5,18-20H2,1-2H3,(H,31,32)(H,33,34). The Morgan fingerprint density at radius 1 is 0.865 bits per heavy atom. The smallest absolute Gasteiger partial charge is 0.337 e. The Morgan fingerprint density at radius 2 is 1.46 bits per heavy atom. The molecule has 0 fully saturated rings. The highest BCUT2D eigenvalue weighted by Crippen LogP contribution is 2.21. The van der Waals surface area contributed by atoms with Crippen LogP contribution in [0.25, 0.3) is 11.1 Å². The molecular formula is C30H33NO6. The van der Waals surface area contributed by atoms with Gasteiger partial charge in [-0.25, -0.2) is 4.79 Å². The number of amides is 1. The summed E-state index contributed by atoms with van der Waals surface area (Å²) in [4.78, 5) is 35.5. The van der Waals surface area contributed by atoms with E-state index >= 15 is 0 Å². The molecule has 0 aliphatic heterocycles. The van der Waals surface area contributed by atoms with Gasteiger partial charge in [-0.2, -0.15) is 0 Å². The number of rotatable bonds is 13. The number of ether oxygens (including phenoxy) is 2. The summed E-state index contributed by atoms with van der Waals surface area (Å²) in [6.45, 7) is 2.71. The number of carbonyl (C=O) groups excluding carboxylic acids is 2. The number of methoxy groups -OCH3 is 1. The fourth-order valence-electron chi connectivity index (χ4n) is 3.94. The van der Waals surface area contributed by atoms with Crippen LogP contribution < -0.4 is 10.1 Å². The lowest BCUT2D eigenvalue weighted by Crippen LogP contribution is -2.28. The first-order valence-electron chi connectivity index (χ1n) is 12.4. The molecule has 194 valence electrons. The predicted octanol–water partition coefficient (Wildman–Crippen LogP) is 5.38. The van der Waals surface area contributed by atoms with E-state index in [1.165, 1.54) is 7.11 Å². The SMILES string of the molecule is CCCCC(Cc1ccc(OCCNC(=O)c2ccc(-c3ccc(C(=O)OC)cc3)cc2)cc1)C(=O)O. The van der Waals surface area contributed by atoms with E-state index in [0.717, 1.165) is 29.5 Å². The number of hydrogen-bond donors (Lipinski definition) is 2. The number of esters is 1. The number of unbranched alkanes of at least 4 members (excludes halogenated alkanes) is 1. The monoisotopic (exact) mass is 503 g/mol. The molecule has 0 aliphatic rings. The van der Waals surface area contributed by atoms with Crippen LogP contribution in [0.2, 0.25) is 0 Å². The normalized spacial score (nSPS) is 11.4. The number of aliphatic carboxylic acids is 1. The van der Waals surface area contributed by atoms with Crippen LogP contribution in [-0.2, 0) is 16.0 Å². The van der Waals surface area contributed by atoms with E-state index in [0.29, 0.717) is 42.9 Å². The van der Waals surface area contributed by atoms with Crippen molar-refractivity contribution in [3.8, 4) is 16.9 Å². The van der Waals surface area contributed by atoms with E-state index < -0.39 is 5.97 Å². The molecule has 2 N–H and O–H groups in total. The van der Waals surface area contributed by atoms with Crippen LogP contribution >= 0.6 is 0 Å². The van der Waals surface area contributed by atoms with Crippen molar-refractivity contribution in [2.24, 2.45) is 5.92 Å². The number of carboxylic acids is 1. The maximum atomic E-state index is 12.5. The summed E-state index contributed by atoms with van der Waals surface area (Å²) in [5.41, 5.74) is 3.84. The molecule has 0 radical (unpaired) electrons. The molecule has 0 spiro atoms. The third-order valence-corrected chi connectivity index (χ3v) is 6.10. The number of hydrogen-bond acceptors (Lipinski definition) is 5. The highest BCUT2D eigenvalue weighted by atomic mass is 16.5. The maximum absolute atomic E-state index is 12.5. The van der Waals surface area contributed by atoms with E-state index in [9.17, 15) is 19.5 Å². The van der Waals surface area contributed by atoms with Gasteiger partial charge in [0.1, 0.15) is 12.4 Å². The molecule has 0 bridgehead atoms. The Labute approximate surface area is 217 Å². The quantitative estimate of drug-likeness (QED) is 0.240. The second kappa shape index (κ2) is 13.8. The fourth-order valence-corrected chi connectivity index (χ4v) is 3.94. The molecular weight excluding hydrogens is 470 g/mol. The molecule has 7 heteroatoms. The maximum Gasteiger partial charge on any atom is 0.337 e. The number of benzene rings is 3. The van der Waals surface area contributed by atoms with Gasteiger partial charge in [-0.1, -0.05) is 56.2 Å². The average Bonchev–Trinajstić information content (AvgIpc) is 2.93. The lowest BCUT2D eigenvalue weighted by molar-refractivity contribution is -0.142. The van der Waals surface area contributed by atoms with Gasteiger partial charge >= 0.3 is 11.9 Å². The first-order valence-corrected chi connectivity index (χ1v) is 12.4. The summed E-state index contributed by atoms with van der Waals surface area (Å²) in [7, 11) is 1.35. The molecule has 0 saturated carbocycles. The van der Waals surface area contributed by atoms with Gasteiger partial charge in [0.25, 0.3) is 5.91 Å². The van der Waals surface area contributed by atoms with Gasteiger partial charge < -0.3 is 19.9 Å². The molecule has 0 saturated heterocycles. The van der Waals surface area contributed by atoms with Gasteiger partial charge in [-0.3, -0.25) is 9.59 Å². The van der Waals surface area contributed by atoms with Crippen LogP contribution in [0.1, 0.15) is 52.5 Å². The van der Waals surface area contributed by atoms with Crippen molar-refractivity contribution in [3.05, 3.63) is 89.5 Å². The van der Waals surface area contributed by atoms with Crippen molar-refractivity contribution in [2.45, 2.75) is 32.6 Å². The number of carbonyl (C=O) groups is 3. The largest absolute Gasteiger partial charge is 0.492 e. The molecule has 3 rings (SSSR count). The minimum Gasteiger partial charge on any atom is -0.492 e. The highest BCUT2D eigenvalue weighted by molar-refractivity contribution is 5.94. The van der Waals surface area contributed by atoms with E-state index in [4.69, 9.17) is 9.47 Å². The molecule has 1 unspecified atom stereocenters. The number of nitrogens with one attached hydrogen (secondary N) is 1. The van der Waals surface area contributed by atoms with E-state index in [2.05, 4.69) is 12.2 Å². The van der Waals surface area contributed by atoms with Gasteiger partial charge in [0.2, 0.25) is 0 Å². The minimum atomic E-state index is -0.756. The summed E-state index contributed by atoms with van der Waals surface area (Å²) in [6, 6.07) is 21.7. The predicted molar refractivity (Wildman–Crippen MR) is 142 cm³/mol. The zero-order chi connectivity index (χ0) is 26.6. The average molecular weight is 504 g/mol. The topological polar surface area (TPSA) is 102 Å². The first-order chi connectivity index (χ1) is 17.9. The van der Waals surface area contributed by atoms with Crippen molar-refractivity contribution < 1.29 is 29.0 Å². The number of carboxylic acid groups (broad SMARTS) is 1. The molecule has 1 amide bonds. The lowest BCUT2D eigenvalue weighted by Gasteiger charge is -2.13. The van der Waals surface area contributed by atoms with Crippen molar-refractivity contribution in [2.75, 3.05) is 20.3 Å². The Balaban J connectivity index is 1.44. The van der Waals surface area contributed by atoms with Crippen molar-refractivity contribution in [3.63, 3.8) is 0 Å². The van der Waals surface area contributed by atoms with Crippen LogP contribution in [0.4, 0.5) is 0 Å². The van der Waals surface area contributed by atoms with Crippen LogP contribution in [0.3, 0.4) is 0 Å². The molecule has 0 aromatic heterocycles.